The first-order valence-electron chi connectivity index (χ1n) is 8.52. The first-order chi connectivity index (χ1) is 11.7. The van der Waals surface area contributed by atoms with Crippen LogP contribution >= 0.6 is 0 Å². The summed E-state index contributed by atoms with van der Waals surface area (Å²) in [6, 6.07) is 18.8. The van der Waals surface area contributed by atoms with E-state index in [0.29, 0.717) is 11.3 Å². The van der Waals surface area contributed by atoms with E-state index in [2.05, 4.69) is 17.1 Å². The highest BCUT2D eigenvalue weighted by molar-refractivity contribution is 6.51. The first kappa shape index (κ1) is 16.3. The average molecular weight is 318 g/mol. The van der Waals surface area contributed by atoms with Crippen molar-refractivity contribution in [2.24, 2.45) is 16.1 Å². The lowest BCUT2D eigenvalue weighted by Gasteiger charge is -2.18. The zero-order valence-electron chi connectivity index (χ0n) is 14.0. The van der Waals surface area contributed by atoms with E-state index < -0.39 is 0 Å². The van der Waals surface area contributed by atoms with Gasteiger partial charge in [-0.25, -0.2) is 0 Å². The minimum atomic E-state index is -0.0877. The number of benzene rings is 2. The van der Waals surface area contributed by atoms with E-state index in [-0.39, 0.29) is 5.78 Å². The molecule has 3 nitrogen and oxygen atoms in total. The van der Waals surface area contributed by atoms with Crippen molar-refractivity contribution in [1.29, 1.82) is 0 Å². The maximum absolute atomic E-state index is 12.9. The topological polar surface area (TPSA) is 41.8 Å². The Morgan fingerprint density at radius 2 is 1.42 bits per heavy atom. The number of Topliss-reactive ketones (excluding diaryl/α,β-unsaturated/α-hetero) is 1. The average Bonchev–Trinajstić information content (AvgIpc) is 2.65. The van der Waals surface area contributed by atoms with Gasteiger partial charge >= 0.3 is 0 Å². The van der Waals surface area contributed by atoms with Crippen LogP contribution in [0.15, 0.2) is 70.9 Å². The molecule has 0 aliphatic heterocycles. The van der Waals surface area contributed by atoms with Crippen molar-refractivity contribution in [3.05, 3.63) is 71.8 Å². The lowest BCUT2D eigenvalue weighted by molar-refractivity contribution is 0.106. The Kier molecular flexibility index (Phi) is 5.32. The second-order valence-electron chi connectivity index (χ2n) is 6.36. The highest BCUT2D eigenvalue weighted by Gasteiger charge is 2.17. The van der Waals surface area contributed by atoms with Gasteiger partial charge in [-0.3, -0.25) is 4.79 Å². The van der Waals surface area contributed by atoms with Crippen molar-refractivity contribution >= 4 is 17.2 Å². The van der Waals surface area contributed by atoms with Crippen LogP contribution in [0.2, 0.25) is 0 Å². The third-order valence-electron chi connectivity index (χ3n) is 4.44. The number of carbonyl (C=O) groups excluding carboxylic acids is 1. The first-order valence-corrected chi connectivity index (χ1v) is 8.52. The number of ketones is 1. The maximum atomic E-state index is 12.9. The molecule has 0 unspecified atom stereocenters. The van der Waals surface area contributed by atoms with Crippen molar-refractivity contribution in [3.8, 4) is 0 Å². The molecule has 1 fully saturated rings. The molecule has 2 aromatic rings. The molecule has 1 aliphatic carbocycles. The molecule has 0 heterocycles. The molecule has 2 aromatic carbocycles. The van der Waals surface area contributed by atoms with E-state index in [0.717, 1.165) is 42.9 Å². The fraction of sp³-hybridized carbons (Fsp3) is 0.286. The van der Waals surface area contributed by atoms with Gasteiger partial charge in [0.15, 0.2) is 0 Å². The summed E-state index contributed by atoms with van der Waals surface area (Å²) in [4.78, 5) is 12.9. The van der Waals surface area contributed by atoms with Crippen molar-refractivity contribution in [2.45, 2.75) is 32.6 Å². The molecule has 0 radical (unpaired) electrons. The Morgan fingerprint density at radius 3 is 2.00 bits per heavy atom. The predicted octanol–water partition coefficient (Wildman–Crippen LogP) is 4.92. The molecule has 0 N–H and O–H groups in total. The summed E-state index contributed by atoms with van der Waals surface area (Å²) in [5, 5.41) is 8.80. The fourth-order valence-corrected chi connectivity index (χ4v) is 2.87. The van der Waals surface area contributed by atoms with Crippen LogP contribution in [0.3, 0.4) is 0 Å². The normalized spacial score (nSPS) is 18.3. The third-order valence-corrected chi connectivity index (χ3v) is 4.44. The Balaban J connectivity index is 1.92. The predicted molar refractivity (Wildman–Crippen MR) is 98.8 cm³/mol. The molecule has 3 rings (SSSR count). The molecular weight excluding hydrogens is 296 g/mol. The van der Waals surface area contributed by atoms with Gasteiger partial charge in [-0.05, 0) is 31.6 Å². The second kappa shape index (κ2) is 7.82. The molecule has 0 atom stereocenters. The van der Waals surface area contributed by atoms with Crippen LogP contribution in [0, 0.1) is 5.92 Å². The standard InChI is InChI=1S/C21H22N2O/c1-16-12-14-19(15-13-16)22-23-20(17-8-4-2-5-9-17)21(24)18-10-6-3-7-11-18/h2-11,16H,12-15H2,1H3/b22-19?,23-20+. The number of hydrogen-bond donors (Lipinski definition) is 0. The van der Waals surface area contributed by atoms with Gasteiger partial charge in [0.1, 0.15) is 5.71 Å². The zero-order valence-corrected chi connectivity index (χ0v) is 14.0. The summed E-state index contributed by atoms with van der Waals surface area (Å²) in [6.45, 7) is 2.27. The van der Waals surface area contributed by atoms with Crippen LogP contribution in [-0.2, 0) is 0 Å². The second-order valence-corrected chi connectivity index (χ2v) is 6.36. The van der Waals surface area contributed by atoms with Crippen molar-refractivity contribution in [1.82, 2.24) is 0 Å². The molecule has 0 spiro atoms. The quantitative estimate of drug-likeness (QED) is 0.448. The van der Waals surface area contributed by atoms with Gasteiger partial charge in [-0.15, -0.1) is 5.10 Å². The number of hydrogen-bond acceptors (Lipinski definition) is 3. The fourth-order valence-electron chi connectivity index (χ4n) is 2.87. The molecular formula is C21H22N2O. The molecule has 122 valence electrons. The SMILES string of the molecule is CC1CCC(=N/N=C(/C(=O)c2ccccc2)c2ccccc2)CC1. The van der Waals surface area contributed by atoms with Gasteiger partial charge in [0, 0.05) is 16.8 Å². The van der Waals surface area contributed by atoms with Gasteiger partial charge in [-0.1, -0.05) is 67.6 Å². The molecule has 3 heteroatoms. The molecule has 0 saturated heterocycles. The Morgan fingerprint density at radius 1 is 0.875 bits per heavy atom. The highest BCUT2D eigenvalue weighted by Crippen LogP contribution is 2.21. The molecule has 24 heavy (non-hydrogen) atoms. The van der Waals surface area contributed by atoms with E-state index in [1.54, 1.807) is 0 Å². The van der Waals surface area contributed by atoms with Crippen LogP contribution in [0.5, 0.6) is 0 Å². The van der Waals surface area contributed by atoms with Crippen LogP contribution in [0.1, 0.15) is 48.5 Å². The minimum absolute atomic E-state index is 0.0877. The van der Waals surface area contributed by atoms with Crippen molar-refractivity contribution in [3.63, 3.8) is 0 Å². The molecule has 1 saturated carbocycles. The molecule has 0 aromatic heterocycles. The molecule has 1 aliphatic rings. The summed E-state index contributed by atoms with van der Waals surface area (Å²) in [5.74, 6) is 0.669. The minimum Gasteiger partial charge on any atom is -0.287 e. The van der Waals surface area contributed by atoms with Crippen molar-refractivity contribution in [2.75, 3.05) is 0 Å². The summed E-state index contributed by atoms with van der Waals surface area (Å²) < 4.78 is 0. The monoisotopic (exact) mass is 318 g/mol. The van der Waals surface area contributed by atoms with Gasteiger partial charge in [0.2, 0.25) is 5.78 Å². The van der Waals surface area contributed by atoms with E-state index in [4.69, 9.17) is 0 Å². The molecule has 0 amide bonds. The Labute approximate surface area is 143 Å². The third kappa shape index (κ3) is 4.05. The summed E-state index contributed by atoms with van der Waals surface area (Å²) in [5.41, 5.74) is 2.95. The Bertz CT molecular complexity index is 738. The van der Waals surface area contributed by atoms with Gasteiger partial charge in [0.25, 0.3) is 0 Å². The summed E-state index contributed by atoms with van der Waals surface area (Å²) in [7, 11) is 0. The van der Waals surface area contributed by atoms with Gasteiger partial charge in [0.05, 0.1) is 0 Å². The largest absolute Gasteiger partial charge is 0.287 e. The van der Waals surface area contributed by atoms with Crippen LogP contribution in [-0.4, -0.2) is 17.2 Å². The smallest absolute Gasteiger partial charge is 0.213 e. The van der Waals surface area contributed by atoms with Gasteiger partial charge in [-0.2, -0.15) is 5.10 Å². The van der Waals surface area contributed by atoms with Crippen molar-refractivity contribution < 1.29 is 4.79 Å². The van der Waals surface area contributed by atoms with Crippen LogP contribution < -0.4 is 0 Å². The summed E-state index contributed by atoms with van der Waals surface area (Å²) >= 11 is 0. The van der Waals surface area contributed by atoms with E-state index in [1.165, 1.54) is 0 Å². The maximum Gasteiger partial charge on any atom is 0.213 e. The molecule has 0 bridgehead atoms. The number of rotatable bonds is 4. The van der Waals surface area contributed by atoms with E-state index >= 15 is 0 Å². The number of nitrogens with zero attached hydrogens (tertiary/aromatic N) is 2. The lowest BCUT2D eigenvalue weighted by Crippen LogP contribution is -2.16. The van der Waals surface area contributed by atoms with E-state index in [1.807, 2.05) is 60.7 Å². The van der Waals surface area contributed by atoms with E-state index in [9.17, 15) is 4.79 Å². The van der Waals surface area contributed by atoms with Crippen LogP contribution in [0.4, 0.5) is 0 Å². The zero-order chi connectivity index (χ0) is 16.8. The summed E-state index contributed by atoms with van der Waals surface area (Å²) in [6.07, 6.45) is 4.27. The highest BCUT2D eigenvalue weighted by atomic mass is 16.1. The lowest BCUT2D eigenvalue weighted by atomic mass is 9.90. The van der Waals surface area contributed by atoms with Crippen LogP contribution in [0.25, 0.3) is 0 Å². The Hall–Kier alpha value is -2.55. The number of carbonyl (C=O) groups is 1. The van der Waals surface area contributed by atoms with Gasteiger partial charge < -0.3 is 0 Å².